The quantitative estimate of drug-likeness (QED) is 0.475. The third kappa shape index (κ3) is 8.19. The van der Waals surface area contributed by atoms with E-state index in [0.717, 1.165) is 6.08 Å². The van der Waals surface area contributed by atoms with Gasteiger partial charge in [-0.25, -0.2) is 4.79 Å². The summed E-state index contributed by atoms with van der Waals surface area (Å²) in [4.78, 5) is 9.96. The van der Waals surface area contributed by atoms with E-state index in [1.165, 1.54) is 6.08 Å². The Kier molecular flexibility index (Phi) is 6.05. The maximum absolute atomic E-state index is 9.96. The van der Waals surface area contributed by atoms with E-state index in [2.05, 4.69) is 23.7 Å². The van der Waals surface area contributed by atoms with Crippen LogP contribution in [0.1, 0.15) is 13.3 Å². The fraction of sp³-hybridized carbons (Fsp3) is 0.300. The largest absolute Gasteiger partial charge is 0.478 e. The second kappa shape index (κ2) is 6.97. The molecule has 0 aliphatic carbocycles. The Morgan fingerprint density at radius 3 is 2.77 bits per heavy atom. The molecular formula is C10H10O3. The van der Waals surface area contributed by atoms with Gasteiger partial charge in [-0.05, 0) is 24.3 Å². The van der Waals surface area contributed by atoms with Crippen LogP contribution in [0.4, 0.5) is 0 Å². The summed E-state index contributed by atoms with van der Waals surface area (Å²) in [7, 11) is 0. The number of carboxylic acids is 1. The Bertz CT molecular complexity index is 307. The van der Waals surface area contributed by atoms with Crippen molar-refractivity contribution in [2.75, 3.05) is 0 Å². The number of rotatable bonds is 2. The van der Waals surface area contributed by atoms with Crippen molar-refractivity contribution in [3.63, 3.8) is 0 Å². The van der Waals surface area contributed by atoms with Crippen LogP contribution in [0.5, 0.6) is 0 Å². The number of aliphatic carboxylic acids is 1. The normalized spacial score (nSPS) is 10.9. The lowest BCUT2D eigenvalue weighted by Gasteiger charge is -1.91. The molecule has 0 aliphatic heterocycles. The van der Waals surface area contributed by atoms with Crippen molar-refractivity contribution >= 4 is 5.97 Å². The highest BCUT2D eigenvalue weighted by Gasteiger charge is 1.88. The van der Waals surface area contributed by atoms with E-state index in [1.807, 2.05) is 0 Å². The molecule has 13 heavy (non-hydrogen) atoms. The summed E-state index contributed by atoms with van der Waals surface area (Å²) >= 11 is 0. The van der Waals surface area contributed by atoms with Gasteiger partial charge in [0.1, 0.15) is 6.10 Å². The van der Waals surface area contributed by atoms with E-state index in [9.17, 15) is 4.79 Å². The Morgan fingerprint density at radius 1 is 1.54 bits per heavy atom. The molecule has 0 aromatic heterocycles. The third-order valence-electron chi connectivity index (χ3n) is 1.07. The van der Waals surface area contributed by atoms with Gasteiger partial charge >= 0.3 is 5.97 Å². The molecule has 0 aromatic carbocycles. The zero-order valence-electron chi connectivity index (χ0n) is 7.24. The van der Waals surface area contributed by atoms with Crippen molar-refractivity contribution in [3.05, 3.63) is 12.2 Å². The van der Waals surface area contributed by atoms with Crippen LogP contribution in [-0.4, -0.2) is 22.3 Å². The third-order valence-corrected chi connectivity index (χ3v) is 1.07. The molecule has 0 unspecified atom stereocenters. The van der Waals surface area contributed by atoms with E-state index >= 15 is 0 Å². The van der Waals surface area contributed by atoms with Gasteiger partial charge in [0.25, 0.3) is 0 Å². The van der Waals surface area contributed by atoms with Crippen molar-refractivity contribution < 1.29 is 15.0 Å². The minimum Gasteiger partial charge on any atom is -0.478 e. The molecular weight excluding hydrogens is 168 g/mol. The molecule has 0 spiro atoms. The van der Waals surface area contributed by atoms with Crippen LogP contribution in [0.25, 0.3) is 0 Å². The van der Waals surface area contributed by atoms with Gasteiger partial charge in [-0.1, -0.05) is 18.8 Å². The first kappa shape index (κ1) is 11.3. The van der Waals surface area contributed by atoms with Gasteiger partial charge in [0.05, 0.1) is 0 Å². The molecule has 0 heterocycles. The molecule has 0 fully saturated rings. The SMILES string of the molecule is CC[C@@H](O)C#CC#C/C=C/C(=O)O. The monoisotopic (exact) mass is 178 g/mol. The van der Waals surface area contributed by atoms with Gasteiger partial charge in [0.15, 0.2) is 0 Å². The average Bonchev–Trinajstić information content (AvgIpc) is 2.10. The number of hydrogen-bond donors (Lipinski definition) is 2. The summed E-state index contributed by atoms with van der Waals surface area (Å²) < 4.78 is 0. The highest BCUT2D eigenvalue weighted by Crippen LogP contribution is 1.83. The molecule has 2 N–H and O–H groups in total. The smallest absolute Gasteiger partial charge is 0.328 e. The highest BCUT2D eigenvalue weighted by molar-refractivity contribution is 5.80. The van der Waals surface area contributed by atoms with E-state index in [-0.39, 0.29) is 0 Å². The van der Waals surface area contributed by atoms with Crippen LogP contribution >= 0.6 is 0 Å². The Balaban J connectivity index is 3.97. The summed E-state index contributed by atoms with van der Waals surface area (Å²) in [5.74, 6) is 8.61. The first-order valence-corrected chi connectivity index (χ1v) is 3.75. The maximum Gasteiger partial charge on any atom is 0.328 e. The molecule has 0 saturated carbocycles. The Morgan fingerprint density at radius 2 is 2.23 bits per heavy atom. The van der Waals surface area contributed by atoms with E-state index in [1.54, 1.807) is 6.92 Å². The summed E-state index contributed by atoms with van der Waals surface area (Å²) in [5.41, 5.74) is 0. The summed E-state index contributed by atoms with van der Waals surface area (Å²) in [6.45, 7) is 1.80. The van der Waals surface area contributed by atoms with Crippen molar-refractivity contribution in [1.29, 1.82) is 0 Å². The molecule has 3 nitrogen and oxygen atoms in total. The minimum absolute atomic E-state index is 0.555. The molecule has 68 valence electrons. The zero-order valence-corrected chi connectivity index (χ0v) is 7.24. The number of hydrogen-bond acceptors (Lipinski definition) is 2. The number of carbonyl (C=O) groups is 1. The predicted molar refractivity (Wildman–Crippen MR) is 48.6 cm³/mol. The molecule has 3 heteroatoms. The standard InChI is InChI=1S/C10H10O3/c1-2-9(11)7-5-3-4-6-8-10(12)13/h6,8-9,11H,2H2,1H3,(H,12,13)/b8-6+/t9-/m1/s1. The first-order valence-electron chi connectivity index (χ1n) is 3.75. The van der Waals surface area contributed by atoms with Gasteiger partial charge < -0.3 is 10.2 Å². The van der Waals surface area contributed by atoms with Crippen molar-refractivity contribution in [1.82, 2.24) is 0 Å². The second-order valence-corrected chi connectivity index (χ2v) is 2.13. The Labute approximate surface area is 77.1 Å². The molecule has 0 rings (SSSR count). The lowest BCUT2D eigenvalue weighted by molar-refractivity contribution is -0.131. The molecule has 0 saturated heterocycles. The van der Waals surface area contributed by atoms with Crippen LogP contribution in [-0.2, 0) is 4.79 Å². The Hall–Kier alpha value is -1.71. The number of aliphatic hydroxyl groups is 1. The summed E-state index contributed by atoms with van der Waals surface area (Å²) in [6.07, 6.45) is 2.01. The van der Waals surface area contributed by atoms with Gasteiger partial charge in [-0.3, -0.25) is 0 Å². The van der Waals surface area contributed by atoms with Gasteiger partial charge in [0, 0.05) is 6.08 Å². The van der Waals surface area contributed by atoms with E-state index in [4.69, 9.17) is 10.2 Å². The minimum atomic E-state index is -1.05. The van der Waals surface area contributed by atoms with Crippen LogP contribution in [0, 0.1) is 23.7 Å². The lowest BCUT2D eigenvalue weighted by atomic mass is 10.3. The van der Waals surface area contributed by atoms with Crippen molar-refractivity contribution in [3.8, 4) is 23.7 Å². The lowest BCUT2D eigenvalue weighted by Crippen LogP contribution is -1.98. The van der Waals surface area contributed by atoms with Crippen LogP contribution < -0.4 is 0 Å². The molecule has 0 aliphatic rings. The molecule has 0 amide bonds. The first-order chi connectivity index (χ1) is 6.16. The summed E-state index contributed by atoms with van der Waals surface area (Å²) in [5, 5.41) is 17.1. The molecule has 0 bridgehead atoms. The van der Waals surface area contributed by atoms with Crippen LogP contribution in [0.15, 0.2) is 12.2 Å². The average molecular weight is 178 g/mol. The maximum atomic E-state index is 9.96. The van der Waals surface area contributed by atoms with E-state index < -0.39 is 12.1 Å². The van der Waals surface area contributed by atoms with Crippen LogP contribution in [0.2, 0.25) is 0 Å². The van der Waals surface area contributed by atoms with Gasteiger partial charge in [-0.15, -0.1) is 0 Å². The van der Waals surface area contributed by atoms with Crippen LogP contribution in [0.3, 0.4) is 0 Å². The fourth-order valence-electron chi connectivity index (χ4n) is 0.412. The molecule has 0 radical (unpaired) electrons. The van der Waals surface area contributed by atoms with Crippen molar-refractivity contribution in [2.45, 2.75) is 19.4 Å². The predicted octanol–water partition coefficient (Wildman–Crippen LogP) is 0.405. The number of allylic oxidation sites excluding steroid dienone is 1. The second-order valence-electron chi connectivity index (χ2n) is 2.13. The fourth-order valence-corrected chi connectivity index (χ4v) is 0.412. The molecule has 1 atom stereocenters. The topological polar surface area (TPSA) is 57.5 Å². The van der Waals surface area contributed by atoms with Gasteiger partial charge in [-0.2, -0.15) is 0 Å². The number of aliphatic hydroxyl groups excluding tert-OH is 1. The zero-order chi connectivity index (χ0) is 10.1. The van der Waals surface area contributed by atoms with Crippen molar-refractivity contribution in [2.24, 2.45) is 0 Å². The number of carboxylic acid groups (broad SMARTS) is 1. The van der Waals surface area contributed by atoms with E-state index in [0.29, 0.717) is 6.42 Å². The highest BCUT2D eigenvalue weighted by atomic mass is 16.4. The molecule has 0 aromatic rings. The summed E-state index contributed by atoms with van der Waals surface area (Å²) in [6, 6.07) is 0. The van der Waals surface area contributed by atoms with Gasteiger partial charge in [0.2, 0.25) is 0 Å².